The SMILES string of the molecule is O=c1[nH]c(CC2CC2)nc2c1CCN(Cc1cc(-c3ccccc3)on1)C2. The lowest BCUT2D eigenvalue weighted by Gasteiger charge is -2.26. The Hall–Kier alpha value is -2.73. The molecule has 1 aliphatic carbocycles. The number of nitrogens with zero attached hydrogens (tertiary/aromatic N) is 3. The van der Waals surface area contributed by atoms with Gasteiger partial charge < -0.3 is 9.51 Å². The zero-order valence-electron chi connectivity index (χ0n) is 15.1. The average Bonchev–Trinajstić information content (AvgIpc) is 3.37. The maximum atomic E-state index is 12.4. The molecule has 2 aromatic heterocycles. The molecule has 0 amide bonds. The van der Waals surface area contributed by atoms with Crippen molar-refractivity contribution in [3.05, 3.63) is 69.5 Å². The number of H-pyrrole nitrogens is 1. The highest BCUT2D eigenvalue weighted by Gasteiger charge is 2.26. The maximum absolute atomic E-state index is 12.4. The molecule has 6 heteroatoms. The Balaban J connectivity index is 1.31. The van der Waals surface area contributed by atoms with Crippen LogP contribution in [-0.4, -0.2) is 26.6 Å². The van der Waals surface area contributed by atoms with Crippen LogP contribution in [0.15, 0.2) is 45.7 Å². The molecule has 5 rings (SSSR count). The Labute approximate surface area is 157 Å². The van der Waals surface area contributed by atoms with E-state index in [1.54, 1.807) is 0 Å². The first-order chi connectivity index (χ1) is 13.2. The Morgan fingerprint density at radius 2 is 2.07 bits per heavy atom. The van der Waals surface area contributed by atoms with E-state index < -0.39 is 0 Å². The highest BCUT2D eigenvalue weighted by atomic mass is 16.5. The van der Waals surface area contributed by atoms with Crippen molar-refractivity contribution in [2.24, 2.45) is 5.92 Å². The number of hydrogen-bond donors (Lipinski definition) is 1. The Morgan fingerprint density at radius 1 is 1.22 bits per heavy atom. The molecule has 3 aromatic rings. The van der Waals surface area contributed by atoms with Gasteiger partial charge in [-0.25, -0.2) is 4.98 Å². The van der Waals surface area contributed by atoms with Gasteiger partial charge >= 0.3 is 0 Å². The lowest BCUT2D eigenvalue weighted by molar-refractivity contribution is 0.232. The molecule has 3 heterocycles. The average molecular weight is 362 g/mol. The molecule has 27 heavy (non-hydrogen) atoms. The summed E-state index contributed by atoms with van der Waals surface area (Å²) in [7, 11) is 0. The van der Waals surface area contributed by atoms with Gasteiger partial charge in [0.05, 0.1) is 11.4 Å². The van der Waals surface area contributed by atoms with Crippen LogP contribution < -0.4 is 5.56 Å². The van der Waals surface area contributed by atoms with Crippen molar-refractivity contribution >= 4 is 0 Å². The minimum absolute atomic E-state index is 0.0445. The van der Waals surface area contributed by atoms with Crippen molar-refractivity contribution < 1.29 is 4.52 Å². The number of aromatic amines is 1. The minimum Gasteiger partial charge on any atom is -0.356 e. The van der Waals surface area contributed by atoms with Crippen molar-refractivity contribution in [1.29, 1.82) is 0 Å². The van der Waals surface area contributed by atoms with Crippen LogP contribution in [0.25, 0.3) is 11.3 Å². The van der Waals surface area contributed by atoms with Crippen molar-refractivity contribution in [3.8, 4) is 11.3 Å². The van der Waals surface area contributed by atoms with E-state index in [1.807, 2.05) is 36.4 Å². The van der Waals surface area contributed by atoms with Gasteiger partial charge in [0.1, 0.15) is 5.82 Å². The second-order valence-corrected chi connectivity index (χ2v) is 7.59. The smallest absolute Gasteiger partial charge is 0.254 e. The van der Waals surface area contributed by atoms with E-state index in [2.05, 4.69) is 15.0 Å². The first kappa shape index (κ1) is 16.4. The molecule has 0 spiro atoms. The minimum atomic E-state index is 0.0445. The quantitative estimate of drug-likeness (QED) is 0.755. The van der Waals surface area contributed by atoms with E-state index in [-0.39, 0.29) is 5.56 Å². The lowest BCUT2D eigenvalue weighted by atomic mass is 10.1. The van der Waals surface area contributed by atoms with Crippen LogP contribution >= 0.6 is 0 Å². The second-order valence-electron chi connectivity index (χ2n) is 7.59. The predicted molar refractivity (Wildman–Crippen MR) is 101 cm³/mol. The molecule has 1 fully saturated rings. The van der Waals surface area contributed by atoms with Crippen molar-refractivity contribution in [2.75, 3.05) is 6.54 Å². The Kier molecular flexibility index (Phi) is 4.13. The van der Waals surface area contributed by atoms with Gasteiger partial charge in [0.15, 0.2) is 5.76 Å². The summed E-state index contributed by atoms with van der Waals surface area (Å²) in [5.74, 6) is 2.33. The van der Waals surface area contributed by atoms with Crippen LogP contribution in [0.5, 0.6) is 0 Å². The summed E-state index contributed by atoms with van der Waals surface area (Å²) in [5.41, 5.74) is 3.74. The van der Waals surface area contributed by atoms with Crippen molar-refractivity contribution in [1.82, 2.24) is 20.0 Å². The van der Waals surface area contributed by atoms with E-state index in [1.165, 1.54) is 12.8 Å². The first-order valence-electron chi connectivity index (χ1n) is 9.59. The molecule has 0 unspecified atom stereocenters. The number of hydrogen-bond acceptors (Lipinski definition) is 5. The zero-order chi connectivity index (χ0) is 18.2. The third kappa shape index (κ3) is 3.57. The molecule has 0 bridgehead atoms. The molecule has 0 radical (unpaired) electrons. The molecule has 1 saturated carbocycles. The maximum Gasteiger partial charge on any atom is 0.254 e. The number of benzene rings is 1. The van der Waals surface area contributed by atoms with Crippen LogP contribution in [0.1, 0.15) is 35.6 Å². The molecular formula is C21H22N4O2. The monoisotopic (exact) mass is 362 g/mol. The second kappa shape index (κ2) is 6.78. The highest BCUT2D eigenvalue weighted by Crippen LogP contribution is 2.31. The van der Waals surface area contributed by atoms with E-state index in [0.717, 1.165) is 53.5 Å². The van der Waals surface area contributed by atoms with E-state index in [9.17, 15) is 4.79 Å². The van der Waals surface area contributed by atoms with Gasteiger partial charge in [0.2, 0.25) is 0 Å². The number of fused-ring (bicyclic) bond motifs is 1. The van der Waals surface area contributed by atoms with Gasteiger partial charge in [0.25, 0.3) is 5.56 Å². The molecule has 1 aromatic carbocycles. The fourth-order valence-electron chi connectivity index (χ4n) is 3.73. The van der Waals surface area contributed by atoms with Crippen molar-refractivity contribution in [2.45, 2.75) is 38.8 Å². The van der Waals surface area contributed by atoms with E-state index >= 15 is 0 Å². The van der Waals surface area contributed by atoms with Gasteiger partial charge in [-0.3, -0.25) is 9.69 Å². The van der Waals surface area contributed by atoms with Gasteiger partial charge in [-0.2, -0.15) is 0 Å². The summed E-state index contributed by atoms with van der Waals surface area (Å²) in [4.78, 5) is 22.4. The third-order valence-electron chi connectivity index (χ3n) is 5.38. The molecule has 2 aliphatic rings. The van der Waals surface area contributed by atoms with Crippen LogP contribution in [0.2, 0.25) is 0 Å². The first-order valence-corrected chi connectivity index (χ1v) is 9.59. The lowest BCUT2D eigenvalue weighted by Crippen LogP contribution is -2.35. The van der Waals surface area contributed by atoms with Gasteiger partial charge in [0, 0.05) is 43.2 Å². The van der Waals surface area contributed by atoms with Crippen LogP contribution in [0.3, 0.4) is 0 Å². The summed E-state index contributed by atoms with van der Waals surface area (Å²) < 4.78 is 5.50. The number of nitrogens with one attached hydrogen (secondary N) is 1. The number of aromatic nitrogens is 3. The Morgan fingerprint density at radius 3 is 2.89 bits per heavy atom. The van der Waals surface area contributed by atoms with Crippen LogP contribution in [0, 0.1) is 5.92 Å². The fourth-order valence-corrected chi connectivity index (χ4v) is 3.73. The van der Waals surface area contributed by atoms with Gasteiger partial charge in [-0.15, -0.1) is 0 Å². The summed E-state index contributed by atoms with van der Waals surface area (Å²) in [5, 5.41) is 4.22. The zero-order valence-corrected chi connectivity index (χ0v) is 15.1. The molecule has 138 valence electrons. The van der Waals surface area contributed by atoms with Gasteiger partial charge in [-0.05, 0) is 25.2 Å². The third-order valence-corrected chi connectivity index (χ3v) is 5.38. The molecular weight excluding hydrogens is 340 g/mol. The Bertz CT molecular complexity index is 1000. The summed E-state index contributed by atoms with van der Waals surface area (Å²) in [6, 6.07) is 12.0. The van der Waals surface area contributed by atoms with E-state index in [4.69, 9.17) is 9.51 Å². The molecule has 6 nitrogen and oxygen atoms in total. The van der Waals surface area contributed by atoms with Crippen LogP contribution in [-0.2, 0) is 25.9 Å². The summed E-state index contributed by atoms with van der Waals surface area (Å²) in [6.45, 7) is 2.21. The van der Waals surface area contributed by atoms with Crippen LogP contribution in [0.4, 0.5) is 0 Å². The molecule has 0 saturated heterocycles. The molecule has 1 aliphatic heterocycles. The molecule has 0 atom stereocenters. The van der Waals surface area contributed by atoms with Gasteiger partial charge in [-0.1, -0.05) is 35.5 Å². The van der Waals surface area contributed by atoms with Crippen molar-refractivity contribution in [3.63, 3.8) is 0 Å². The fraction of sp³-hybridized carbons (Fsp3) is 0.381. The predicted octanol–water partition coefficient (Wildman–Crippen LogP) is 2.94. The number of rotatable bonds is 5. The summed E-state index contributed by atoms with van der Waals surface area (Å²) >= 11 is 0. The summed E-state index contributed by atoms with van der Waals surface area (Å²) in [6.07, 6.45) is 4.13. The highest BCUT2D eigenvalue weighted by molar-refractivity contribution is 5.56. The standard InChI is InChI=1S/C21H22N4O2/c26-21-17-8-9-25(13-18(17)22-20(23-21)10-14-6-7-14)12-16-11-19(27-24-16)15-4-2-1-3-5-15/h1-5,11,14H,6-10,12-13H2,(H,22,23,26). The van der Waals surface area contributed by atoms with E-state index in [0.29, 0.717) is 19.0 Å². The molecule has 1 N–H and O–H groups in total. The topological polar surface area (TPSA) is 75.0 Å². The largest absolute Gasteiger partial charge is 0.356 e. The normalized spacial score (nSPS) is 17.0.